The van der Waals surface area contributed by atoms with Gasteiger partial charge >= 0.3 is 0 Å². The van der Waals surface area contributed by atoms with Crippen LogP contribution in [0, 0.1) is 0 Å². The Balaban J connectivity index is 1.86. The van der Waals surface area contributed by atoms with Gasteiger partial charge in [-0.1, -0.05) is 26.0 Å². The van der Waals surface area contributed by atoms with Crippen molar-refractivity contribution in [3.8, 4) is 11.1 Å². The minimum Gasteiger partial charge on any atom is -0.399 e. The quantitative estimate of drug-likeness (QED) is 0.333. The number of anilines is 2. The molecule has 0 radical (unpaired) electrons. The van der Waals surface area contributed by atoms with E-state index in [1.165, 1.54) is 43.8 Å². The number of rotatable bonds is 0. The molecule has 1 aliphatic rings. The van der Waals surface area contributed by atoms with Crippen LogP contribution in [0.25, 0.3) is 32.7 Å². The van der Waals surface area contributed by atoms with E-state index in [9.17, 15) is 0 Å². The zero-order valence-corrected chi connectivity index (χ0v) is 14.4. The molecule has 2 heteroatoms. The van der Waals surface area contributed by atoms with E-state index in [2.05, 4.69) is 56.3 Å². The van der Waals surface area contributed by atoms with Crippen molar-refractivity contribution in [3.05, 3.63) is 71.8 Å². The molecule has 5 rings (SSSR count). The first kappa shape index (κ1) is 14.4. The Morgan fingerprint density at radius 1 is 0.560 bits per heavy atom. The van der Waals surface area contributed by atoms with Gasteiger partial charge in [0.05, 0.1) is 0 Å². The molecule has 1 aliphatic carbocycles. The van der Waals surface area contributed by atoms with E-state index in [4.69, 9.17) is 11.5 Å². The topological polar surface area (TPSA) is 52.0 Å². The van der Waals surface area contributed by atoms with Gasteiger partial charge in [0.15, 0.2) is 0 Å². The second kappa shape index (κ2) is 4.54. The lowest BCUT2D eigenvalue weighted by Crippen LogP contribution is -2.15. The van der Waals surface area contributed by atoms with E-state index in [1.54, 1.807) is 0 Å². The molecule has 0 heterocycles. The van der Waals surface area contributed by atoms with Crippen LogP contribution in [0.4, 0.5) is 11.4 Å². The normalized spacial score (nSPS) is 14.6. The van der Waals surface area contributed by atoms with Gasteiger partial charge in [0.1, 0.15) is 0 Å². The van der Waals surface area contributed by atoms with Gasteiger partial charge in [0.2, 0.25) is 0 Å². The summed E-state index contributed by atoms with van der Waals surface area (Å²) in [5, 5.41) is 4.92. The van der Waals surface area contributed by atoms with Crippen molar-refractivity contribution < 1.29 is 0 Å². The van der Waals surface area contributed by atoms with Gasteiger partial charge in [-0.25, -0.2) is 0 Å². The number of fused-ring (bicyclic) bond motifs is 5. The lowest BCUT2D eigenvalue weighted by Gasteiger charge is -2.22. The first-order chi connectivity index (χ1) is 11.9. The Morgan fingerprint density at radius 2 is 1.16 bits per heavy atom. The molecule has 2 nitrogen and oxygen atoms in total. The largest absolute Gasteiger partial charge is 0.399 e. The Hall–Kier alpha value is -3.00. The molecule has 0 aromatic heterocycles. The van der Waals surface area contributed by atoms with E-state index < -0.39 is 0 Å². The van der Waals surface area contributed by atoms with E-state index in [1.807, 2.05) is 18.2 Å². The third-order valence-electron chi connectivity index (χ3n) is 5.64. The van der Waals surface area contributed by atoms with E-state index >= 15 is 0 Å². The Bertz CT molecular complexity index is 1190. The molecule has 4 aromatic rings. The minimum atomic E-state index is -0.0374. The Labute approximate surface area is 147 Å². The fraction of sp³-hybridized carbons (Fsp3) is 0.130. The van der Waals surface area contributed by atoms with Gasteiger partial charge in [0.25, 0.3) is 0 Å². The third-order valence-corrected chi connectivity index (χ3v) is 5.64. The molecule has 0 saturated carbocycles. The zero-order valence-electron chi connectivity index (χ0n) is 14.4. The maximum absolute atomic E-state index is 6.06. The van der Waals surface area contributed by atoms with E-state index in [0.29, 0.717) is 0 Å². The van der Waals surface area contributed by atoms with Crippen LogP contribution in [0.2, 0.25) is 0 Å². The molecule has 0 aliphatic heterocycles. The molecule has 0 bridgehead atoms. The van der Waals surface area contributed by atoms with E-state index in [0.717, 1.165) is 11.4 Å². The molecule has 0 amide bonds. The molecular weight excluding hydrogens is 304 g/mol. The van der Waals surface area contributed by atoms with Crippen LogP contribution < -0.4 is 11.5 Å². The predicted molar refractivity (Wildman–Crippen MR) is 108 cm³/mol. The van der Waals surface area contributed by atoms with Gasteiger partial charge in [-0.05, 0) is 92.3 Å². The van der Waals surface area contributed by atoms with Crippen molar-refractivity contribution in [2.45, 2.75) is 19.3 Å². The molecule has 0 fully saturated rings. The summed E-state index contributed by atoms with van der Waals surface area (Å²) >= 11 is 0. The standard InChI is InChI=1S/C23H20N2/c1-23(2)21-11-16-7-13-3-4-17(24)9-14(13)8-15(16)10-20(21)19-6-5-18(25)12-22(19)23/h3-12H,24-25H2,1-2H3. The number of hydrogen-bond acceptors (Lipinski definition) is 2. The summed E-state index contributed by atoms with van der Waals surface area (Å²) < 4.78 is 0. The van der Waals surface area contributed by atoms with Gasteiger partial charge in [0, 0.05) is 16.8 Å². The summed E-state index contributed by atoms with van der Waals surface area (Å²) in [6.45, 7) is 4.56. The lowest BCUT2D eigenvalue weighted by atomic mass is 9.81. The average Bonchev–Trinajstić information content (AvgIpc) is 2.78. The van der Waals surface area contributed by atoms with Crippen molar-refractivity contribution in [3.63, 3.8) is 0 Å². The van der Waals surface area contributed by atoms with E-state index in [-0.39, 0.29) is 5.41 Å². The van der Waals surface area contributed by atoms with Crippen LogP contribution in [0.15, 0.2) is 60.7 Å². The van der Waals surface area contributed by atoms with Crippen molar-refractivity contribution >= 4 is 32.9 Å². The highest BCUT2D eigenvalue weighted by Gasteiger charge is 2.35. The second-order valence-electron chi connectivity index (χ2n) is 7.63. The summed E-state index contributed by atoms with van der Waals surface area (Å²) in [6, 6.07) is 21.5. The van der Waals surface area contributed by atoms with Crippen molar-refractivity contribution in [2.24, 2.45) is 0 Å². The molecule has 0 saturated heterocycles. The summed E-state index contributed by atoms with van der Waals surface area (Å²) in [5.74, 6) is 0. The fourth-order valence-corrected chi connectivity index (χ4v) is 4.27. The van der Waals surface area contributed by atoms with Crippen molar-refractivity contribution in [1.29, 1.82) is 0 Å². The number of nitrogens with two attached hydrogens (primary N) is 2. The third kappa shape index (κ3) is 1.91. The molecule has 0 unspecified atom stereocenters. The molecule has 0 spiro atoms. The maximum atomic E-state index is 6.06. The maximum Gasteiger partial charge on any atom is 0.0320 e. The number of hydrogen-bond donors (Lipinski definition) is 2. The van der Waals surface area contributed by atoms with Crippen LogP contribution in [-0.4, -0.2) is 0 Å². The summed E-state index contributed by atoms with van der Waals surface area (Å²) in [5.41, 5.74) is 18.9. The van der Waals surface area contributed by atoms with Crippen LogP contribution in [0.3, 0.4) is 0 Å². The summed E-state index contributed by atoms with van der Waals surface area (Å²) in [7, 11) is 0. The molecule has 25 heavy (non-hydrogen) atoms. The Morgan fingerprint density at radius 3 is 2.00 bits per heavy atom. The predicted octanol–water partition coefficient (Wildman–Crippen LogP) is 5.46. The Kier molecular flexibility index (Phi) is 2.61. The van der Waals surface area contributed by atoms with Gasteiger partial charge in [-0.3, -0.25) is 0 Å². The SMILES string of the molecule is CC1(C)c2cc(N)ccc2-c2cc3cc4cc(N)ccc4cc3cc21. The van der Waals surface area contributed by atoms with Gasteiger partial charge < -0.3 is 11.5 Å². The number of benzene rings is 4. The van der Waals surface area contributed by atoms with Crippen molar-refractivity contribution in [1.82, 2.24) is 0 Å². The fourth-order valence-electron chi connectivity index (χ4n) is 4.27. The lowest BCUT2D eigenvalue weighted by molar-refractivity contribution is 0.661. The zero-order chi connectivity index (χ0) is 17.3. The highest BCUT2D eigenvalue weighted by atomic mass is 14.6. The van der Waals surface area contributed by atoms with Crippen LogP contribution >= 0.6 is 0 Å². The smallest absolute Gasteiger partial charge is 0.0320 e. The second-order valence-corrected chi connectivity index (χ2v) is 7.63. The van der Waals surface area contributed by atoms with Crippen molar-refractivity contribution in [2.75, 3.05) is 11.5 Å². The summed E-state index contributed by atoms with van der Waals surface area (Å²) in [6.07, 6.45) is 0. The average molecular weight is 324 g/mol. The van der Waals surface area contributed by atoms with Crippen LogP contribution in [0.5, 0.6) is 0 Å². The van der Waals surface area contributed by atoms with Gasteiger partial charge in [-0.2, -0.15) is 0 Å². The van der Waals surface area contributed by atoms with Crippen LogP contribution in [-0.2, 0) is 5.41 Å². The summed E-state index contributed by atoms with van der Waals surface area (Å²) in [4.78, 5) is 0. The molecular formula is C23H20N2. The highest BCUT2D eigenvalue weighted by molar-refractivity contribution is 6.02. The molecule has 122 valence electrons. The minimum absolute atomic E-state index is 0.0374. The monoisotopic (exact) mass is 324 g/mol. The highest BCUT2D eigenvalue weighted by Crippen LogP contribution is 2.50. The molecule has 0 atom stereocenters. The molecule has 4 aromatic carbocycles. The first-order valence-corrected chi connectivity index (χ1v) is 8.61. The van der Waals surface area contributed by atoms with Gasteiger partial charge in [-0.15, -0.1) is 0 Å². The number of nitrogen functional groups attached to an aromatic ring is 2. The molecule has 4 N–H and O–H groups in total. The van der Waals surface area contributed by atoms with Crippen LogP contribution in [0.1, 0.15) is 25.0 Å². The first-order valence-electron chi connectivity index (χ1n) is 8.61.